The summed E-state index contributed by atoms with van der Waals surface area (Å²) in [5.41, 5.74) is 7.07. The Hall–Kier alpha value is -1.55. The molecule has 16 heavy (non-hydrogen) atoms. The van der Waals surface area contributed by atoms with Crippen molar-refractivity contribution in [3.05, 3.63) is 23.3 Å². The van der Waals surface area contributed by atoms with Crippen LogP contribution in [-0.4, -0.2) is 26.0 Å². The van der Waals surface area contributed by atoms with Gasteiger partial charge >= 0.3 is 0 Å². The summed E-state index contributed by atoms with van der Waals surface area (Å²) < 4.78 is 10.7. The number of methoxy groups -OCH3 is 1. The van der Waals surface area contributed by atoms with Crippen molar-refractivity contribution in [2.24, 2.45) is 5.73 Å². The molecule has 1 aliphatic heterocycles. The minimum absolute atomic E-state index is 0.0758. The highest BCUT2D eigenvalue weighted by Gasteiger charge is 2.23. The summed E-state index contributed by atoms with van der Waals surface area (Å²) in [6, 6.07) is 3.57. The summed E-state index contributed by atoms with van der Waals surface area (Å²) in [7, 11) is 1.60. The van der Waals surface area contributed by atoms with Crippen LogP contribution >= 0.6 is 0 Å². The number of carbonyl (C=O) groups excluding carboxylic acids is 1. The smallest absolute Gasteiger partial charge is 0.165 e. The molecule has 0 fully saturated rings. The van der Waals surface area contributed by atoms with Gasteiger partial charge in [-0.3, -0.25) is 4.79 Å². The fraction of sp³-hybridized carbons (Fsp3) is 0.417. The average molecular weight is 221 g/mol. The molecule has 1 aliphatic rings. The highest BCUT2D eigenvalue weighted by molar-refractivity contribution is 5.98. The number of rotatable bonds is 4. The molecule has 0 radical (unpaired) electrons. The van der Waals surface area contributed by atoms with Crippen molar-refractivity contribution in [2.45, 2.75) is 12.8 Å². The zero-order valence-corrected chi connectivity index (χ0v) is 9.29. The van der Waals surface area contributed by atoms with E-state index in [0.717, 1.165) is 17.5 Å². The van der Waals surface area contributed by atoms with E-state index in [-0.39, 0.29) is 5.78 Å². The van der Waals surface area contributed by atoms with E-state index in [1.807, 2.05) is 0 Å². The molecule has 2 N–H and O–H groups in total. The Bertz CT molecular complexity index is 415. The molecule has 0 aromatic heterocycles. The summed E-state index contributed by atoms with van der Waals surface area (Å²) in [5.74, 6) is 1.48. The van der Waals surface area contributed by atoms with Crippen molar-refractivity contribution in [3.63, 3.8) is 0 Å². The lowest BCUT2D eigenvalue weighted by Crippen LogP contribution is -2.10. The van der Waals surface area contributed by atoms with Crippen molar-refractivity contribution in [1.29, 1.82) is 0 Å². The molecule has 0 saturated carbocycles. The lowest BCUT2D eigenvalue weighted by molar-refractivity contribution is 0.0984. The lowest BCUT2D eigenvalue weighted by atomic mass is 9.99. The molecule has 1 aromatic carbocycles. The van der Waals surface area contributed by atoms with Gasteiger partial charge in [-0.05, 0) is 18.7 Å². The number of hydrogen-bond donors (Lipinski definition) is 1. The fourth-order valence-corrected chi connectivity index (χ4v) is 1.96. The predicted molar refractivity (Wildman–Crippen MR) is 60.2 cm³/mol. The topological polar surface area (TPSA) is 61.5 Å². The Morgan fingerprint density at radius 3 is 3.06 bits per heavy atom. The highest BCUT2D eigenvalue weighted by Crippen LogP contribution is 2.37. The average Bonchev–Trinajstić information content (AvgIpc) is 2.76. The van der Waals surface area contributed by atoms with Gasteiger partial charge in [0.05, 0.1) is 13.7 Å². The number of ketones is 1. The van der Waals surface area contributed by atoms with Crippen LogP contribution in [0.3, 0.4) is 0 Å². The SMILES string of the molecule is COc1ccc(C(=O)CCN)c2c1OCC2. The van der Waals surface area contributed by atoms with Crippen molar-refractivity contribution >= 4 is 5.78 Å². The van der Waals surface area contributed by atoms with E-state index in [0.29, 0.717) is 31.1 Å². The van der Waals surface area contributed by atoms with Gasteiger partial charge in [0.1, 0.15) is 0 Å². The van der Waals surface area contributed by atoms with Gasteiger partial charge in [-0.2, -0.15) is 0 Å². The molecule has 86 valence electrons. The van der Waals surface area contributed by atoms with Crippen LogP contribution in [0.2, 0.25) is 0 Å². The summed E-state index contributed by atoms with van der Waals surface area (Å²) in [4.78, 5) is 11.8. The zero-order chi connectivity index (χ0) is 11.5. The highest BCUT2D eigenvalue weighted by atomic mass is 16.5. The molecular formula is C12H15NO3. The third-order valence-electron chi connectivity index (χ3n) is 2.71. The van der Waals surface area contributed by atoms with E-state index >= 15 is 0 Å². The zero-order valence-electron chi connectivity index (χ0n) is 9.29. The normalized spacial score (nSPS) is 13.1. The van der Waals surface area contributed by atoms with Crippen LogP contribution in [0, 0.1) is 0 Å². The molecule has 0 bridgehead atoms. The Labute approximate surface area is 94.3 Å². The summed E-state index contributed by atoms with van der Waals surface area (Å²) in [6.07, 6.45) is 1.14. The summed E-state index contributed by atoms with van der Waals surface area (Å²) in [6.45, 7) is 0.985. The van der Waals surface area contributed by atoms with Crippen molar-refractivity contribution in [1.82, 2.24) is 0 Å². The van der Waals surface area contributed by atoms with Crippen LogP contribution in [0.1, 0.15) is 22.3 Å². The Morgan fingerprint density at radius 1 is 1.56 bits per heavy atom. The van der Waals surface area contributed by atoms with Gasteiger partial charge in [0, 0.05) is 24.0 Å². The Morgan fingerprint density at radius 2 is 2.38 bits per heavy atom. The number of fused-ring (bicyclic) bond motifs is 1. The second kappa shape index (κ2) is 4.53. The van der Waals surface area contributed by atoms with Crippen LogP contribution < -0.4 is 15.2 Å². The van der Waals surface area contributed by atoms with E-state index in [1.165, 1.54) is 0 Å². The number of nitrogens with two attached hydrogens (primary N) is 1. The monoisotopic (exact) mass is 221 g/mol. The molecule has 2 rings (SSSR count). The lowest BCUT2D eigenvalue weighted by Gasteiger charge is -2.09. The first-order chi connectivity index (χ1) is 7.77. The number of benzene rings is 1. The van der Waals surface area contributed by atoms with Gasteiger partial charge in [-0.1, -0.05) is 0 Å². The minimum atomic E-state index is 0.0758. The third-order valence-corrected chi connectivity index (χ3v) is 2.71. The van der Waals surface area contributed by atoms with Gasteiger partial charge in [0.25, 0.3) is 0 Å². The van der Waals surface area contributed by atoms with Gasteiger partial charge < -0.3 is 15.2 Å². The molecular weight excluding hydrogens is 206 g/mol. The molecule has 0 unspecified atom stereocenters. The fourth-order valence-electron chi connectivity index (χ4n) is 1.96. The molecule has 1 heterocycles. The van der Waals surface area contributed by atoms with Gasteiger partial charge in [-0.15, -0.1) is 0 Å². The molecule has 4 nitrogen and oxygen atoms in total. The number of carbonyl (C=O) groups is 1. The Balaban J connectivity index is 2.41. The minimum Gasteiger partial charge on any atom is -0.493 e. The summed E-state index contributed by atoms with van der Waals surface area (Å²) >= 11 is 0. The number of hydrogen-bond acceptors (Lipinski definition) is 4. The molecule has 0 saturated heterocycles. The van der Waals surface area contributed by atoms with E-state index < -0.39 is 0 Å². The quantitative estimate of drug-likeness (QED) is 0.775. The van der Waals surface area contributed by atoms with Crippen LogP contribution in [-0.2, 0) is 6.42 Å². The van der Waals surface area contributed by atoms with Crippen LogP contribution in [0.15, 0.2) is 12.1 Å². The molecule has 0 amide bonds. The first-order valence-corrected chi connectivity index (χ1v) is 5.34. The summed E-state index contributed by atoms with van der Waals surface area (Å²) in [5, 5.41) is 0. The van der Waals surface area contributed by atoms with Crippen LogP contribution in [0.4, 0.5) is 0 Å². The maximum absolute atomic E-state index is 11.8. The van der Waals surface area contributed by atoms with E-state index in [2.05, 4.69) is 0 Å². The maximum Gasteiger partial charge on any atom is 0.165 e. The second-order valence-corrected chi connectivity index (χ2v) is 3.68. The van der Waals surface area contributed by atoms with Crippen molar-refractivity contribution < 1.29 is 14.3 Å². The van der Waals surface area contributed by atoms with Gasteiger partial charge in [0.15, 0.2) is 17.3 Å². The molecule has 0 atom stereocenters. The molecule has 0 spiro atoms. The molecule has 4 heteroatoms. The van der Waals surface area contributed by atoms with Crippen LogP contribution in [0.25, 0.3) is 0 Å². The van der Waals surface area contributed by atoms with Crippen LogP contribution in [0.5, 0.6) is 11.5 Å². The maximum atomic E-state index is 11.8. The first-order valence-electron chi connectivity index (χ1n) is 5.34. The first kappa shape index (κ1) is 11.0. The Kier molecular flexibility index (Phi) is 3.10. The number of Topliss-reactive ketones (excluding diaryl/α,β-unsaturated/α-hetero) is 1. The van der Waals surface area contributed by atoms with Gasteiger partial charge in [0.2, 0.25) is 0 Å². The molecule has 1 aromatic rings. The van der Waals surface area contributed by atoms with Crippen molar-refractivity contribution in [3.8, 4) is 11.5 Å². The van der Waals surface area contributed by atoms with E-state index in [1.54, 1.807) is 19.2 Å². The largest absolute Gasteiger partial charge is 0.493 e. The third kappa shape index (κ3) is 1.76. The number of ether oxygens (including phenoxy) is 2. The molecule has 0 aliphatic carbocycles. The van der Waals surface area contributed by atoms with Crippen molar-refractivity contribution in [2.75, 3.05) is 20.3 Å². The van der Waals surface area contributed by atoms with E-state index in [4.69, 9.17) is 15.2 Å². The second-order valence-electron chi connectivity index (χ2n) is 3.68. The van der Waals surface area contributed by atoms with E-state index in [9.17, 15) is 4.79 Å². The standard InChI is InChI=1S/C12H15NO3/c1-15-11-3-2-8(10(14)4-6-13)9-5-7-16-12(9)11/h2-3H,4-7,13H2,1H3. The van der Waals surface area contributed by atoms with Gasteiger partial charge in [-0.25, -0.2) is 0 Å². The predicted octanol–water partition coefficient (Wildman–Crippen LogP) is 1.16.